The quantitative estimate of drug-likeness (QED) is 0.199. The molecule has 0 aromatic heterocycles. The van der Waals surface area contributed by atoms with Gasteiger partial charge in [-0.15, -0.1) is 0 Å². The fourth-order valence-corrected chi connectivity index (χ4v) is 4.66. The Labute approximate surface area is 246 Å². The van der Waals surface area contributed by atoms with Crippen LogP contribution < -0.4 is 24.7 Å². The van der Waals surface area contributed by atoms with E-state index in [1.807, 2.05) is 4.90 Å². The lowest BCUT2D eigenvalue weighted by Crippen LogP contribution is -2.48. The minimum absolute atomic E-state index is 0.0274. The third-order valence-electron chi connectivity index (χ3n) is 6.92. The first kappa shape index (κ1) is 30.4. The Bertz CT molecular complexity index is 1570. The van der Waals surface area contributed by atoms with Crippen molar-refractivity contribution in [3.63, 3.8) is 0 Å². The van der Waals surface area contributed by atoms with Crippen molar-refractivity contribution < 1.29 is 29.2 Å². The minimum Gasteiger partial charge on any atom is -0.504 e. The second kappa shape index (κ2) is 12.9. The number of carbonyl (C=O) groups excluding carboxylic acids is 1. The summed E-state index contributed by atoms with van der Waals surface area (Å²) in [5.41, 5.74) is 4.21. The van der Waals surface area contributed by atoms with Gasteiger partial charge in [0.25, 0.3) is 17.3 Å². The Morgan fingerprint density at radius 3 is 2.23 bits per heavy atom. The van der Waals surface area contributed by atoms with Gasteiger partial charge < -0.3 is 29.3 Å². The number of nitrogens with one attached hydrogen (secondary N) is 1. The molecule has 226 valence electrons. The third-order valence-corrected chi connectivity index (χ3v) is 6.92. The van der Waals surface area contributed by atoms with Crippen molar-refractivity contribution in [2.24, 2.45) is 5.10 Å². The van der Waals surface area contributed by atoms with Gasteiger partial charge in [0.15, 0.2) is 11.5 Å². The Morgan fingerprint density at radius 1 is 0.953 bits per heavy atom. The van der Waals surface area contributed by atoms with Crippen LogP contribution in [0.15, 0.2) is 53.6 Å². The molecule has 0 saturated carbocycles. The van der Waals surface area contributed by atoms with Gasteiger partial charge in [0.1, 0.15) is 17.1 Å². The van der Waals surface area contributed by atoms with Crippen LogP contribution in [0.2, 0.25) is 0 Å². The van der Waals surface area contributed by atoms with Crippen molar-refractivity contribution in [2.75, 3.05) is 69.7 Å². The number of piperazine rings is 1. The highest BCUT2D eigenvalue weighted by Crippen LogP contribution is 2.36. The van der Waals surface area contributed by atoms with Gasteiger partial charge in [0.05, 0.1) is 35.8 Å². The maximum Gasteiger partial charge on any atom is 0.294 e. The highest BCUT2D eigenvalue weighted by atomic mass is 16.6. The van der Waals surface area contributed by atoms with E-state index in [-0.39, 0.29) is 39.9 Å². The number of benzene rings is 3. The maximum atomic E-state index is 13.4. The van der Waals surface area contributed by atoms with Crippen molar-refractivity contribution in [3.8, 4) is 17.2 Å². The van der Waals surface area contributed by atoms with Crippen molar-refractivity contribution in [1.29, 1.82) is 0 Å². The maximum absolute atomic E-state index is 13.4. The Hall–Kier alpha value is -5.60. The molecule has 1 aliphatic rings. The molecule has 1 amide bonds. The fourth-order valence-electron chi connectivity index (χ4n) is 4.66. The number of anilines is 3. The topological polar surface area (TPSA) is 176 Å². The lowest BCUT2D eigenvalue weighted by Gasteiger charge is -2.36. The molecule has 4 rings (SSSR count). The molecule has 0 radical (unpaired) electrons. The number of hydrogen-bond donors (Lipinski definition) is 2. The Morgan fingerprint density at radius 2 is 1.63 bits per heavy atom. The van der Waals surface area contributed by atoms with Crippen LogP contribution >= 0.6 is 0 Å². The van der Waals surface area contributed by atoms with Crippen LogP contribution in [0, 0.1) is 20.2 Å². The number of aromatic hydroxyl groups is 1. The SMILES string of the molecule is COc1cc(/C=N/Nc2cc(N3CCN(C(=O)c4cc([N+](=O)[O-])c(N(C)C)cc4OC)CC3)ccc2[N+](=O)[O-])ccc1O. The molecule has 1 aliphatic heterocycles. The van der Waals surface area contributed by atoms with Crippen LogP contribution in [-0.2, 0) is 0 Å². The standard InChI is InChI=1S/C28H31N7O8/c1-31(2)23-16-26(42-3)20(15-24(23)35(40)41)28(37)33-11-9-32(10-12-33)19-6-7-22(34(38)39)21(14-19)30-29-17-18-5-8-25(36)27(13-18)43-4/h5-8,13-17,30,36H,9-12H2,1-4H3/b29-17+. The average Bonchev–Trinajstić information content (AvgIpc) is 3.00. The Kier molecular flexibility index (Phi) is 9.13. The van der Waals surface area contributed by atoms with E-state index in [1.54, 1.807) is 48.2 Å². The highest BCUT2D eigenvalue weighted by Gasteiger charge is 2.29. The summed E-state index contributed by atoms with van der Waals surface area (Å²) in [6.45, 7) is 1.46. The molecule has 3 aromatic rings. The third kappa shape index (κ3) is 6.66. The van der Waals surface area contributed by atoms with E-state index in [2.05, 4.69) is 10.5 Å². The predicted octanol–water partition coefficient (Wildman–Crippen LogP) is 3.70. The van der Waals surface area contributed by atoms with Crippen molar-refractivity contribution >= 4 is 40.6 Å². The Balaban J connectivity index is 1.49. The smallest absolute Gasteiger partial charge is 0.294 e. The van der Waals surface area contributed by atoms with Gasteiger partial charge in [0, 0.05) is 64.2 Å². The first-order valence-electron chi connectivity index (χ1n) is 13.1. The summed E-state index contributed by atoms with van der Waals surface area (Å²) in [5.74, 6) is 0.0764. The van der Waals surface area contributed by atoms with Crippen molar-refractivity contribution in [1.82, 2.24) is 4.90 Å². The zero-order valence-electron chi connectivity index (χ0n) is 24.0. The second-order valence-corrected chi connectivity index (χ2v) is 9.73. The van der Waals surface area contributed by atoms with E-state index in [0.29, 0.717) is 43.1 Å². The molecule has 2 N–H and O–H groups in total. The molecule has 0 spiro atoms. The van der Waals surface area contributed by atoms with Crippen LogP contribution in [0.5, 0.6) is 17.2 Å². The van der Waals surface area contributed by atoms with Crippen LogP contribution in [-0.4, -0.2) is 86.5 Å². The number of hydrogen-bond acceptors (Lipinski definition) is 12. The largest absolute Gasteiger partial charge is 0.504 e. The number of hydrazone groups is 1. The monoisotopic (exact) mass is 593 g/mol. The molecule has 15 nitrogen and oxygen atoms in total. The van der Waals surface area contributed by atoms with Gasteiger partial charge in [-0.2, -0.15) is 5.10 Å². The first-order chi connectivity index (χ1) is 20.5. The number of methoxy groups -OCH3 is 2. The molecule has 0 bridgehead atoms. The lowest BCUT2D eigenvalue weighted by molar-refractivity contribution is -0.384. The zero-order chi connectivity index (χ0) is 31.3. The predicted molar refractivity (Wildman–Crippen MR) is 161 cm³/mol. The van der Waals surface area contributed by atoms with Gasteiger partial charge in [0.2, 0.25) is 0 Å². The van der Waals surface area contributed by atoms with Gasteiger partial charge in [-0.1, -0.05) is 0 Å². The number of amides is 1. The van der Waals surface area contributed by atoms with Crippen LogP contribution in [0.3, 0.4) is 0 Å². The number of phenolic OH excluding ortho intramolecular Hbond substituents is 1. The van der Waals surface area contributed by atoms with E-state index in [4.69, 9.17) is 9.47 Å². The molecule has 0 atom stereocenters. The number of phenols is 1. The van der Waals surface area contributed by atoms with Crippen molar-refractivity contribution in [2.45, 2.75) is 0 Å². The number of nitrogens with zero attached hydrogens (tertiary/aromatic N) is 6. The number of rotatable bonds is 10. The van der Waals surface area contributed by atoms with E-state index >= 15 is 0 Å². The molecule has 43 heavy (non-hydrogen) atoms. The average molecular weight is 594 g/mol. The number of nitro benzene ring substituents is 2. The molecule has 3 aromatic carbocycles. The van der Waals surface area contributed by atoms with E-state index < -0.39 is 15.8 Å². The van der Waals surface area contributed by atoms with Crippen LogP contribution in [0.1, 0.15) is 15.9 Å². The summed E-state index contributed by atoms with van der Waals surface area (Å²) >= 11 is 0. The highest BCUT2D eigenvalue weighted by molar-refractivity contribution is 5.99. The van der Waals surface area contributed by atoms with E-state index in [9.17, 15) is 30.1 Å². The summed E-state index contributed by atoms with van der Waals surface area (Å²) < 4.78 is 10.5. The second-order valence-electron chi connectivity index (χ2n) is 9.73. The number of nitro groups is 2. The fraction of sp³-hybridized carbons (Fsp3) is 0.286. The number of carbonyl (C=O) groups is 1. The summed E-state index contributed by atoms with van der Waals surface area (Å²) in [6, 6.07) is 12.0. The molecule has 0 unspecified atom stereocenters. The number of ether oxygens (including phenoxy) is 2. The van der Waals surface area contributed by atoms with Gasteiger partial charge in [-0.3, -0.25) is 30.4 Å². The molecular formula is C28H31N7O8. The normalized spacial score (nSPS) is 13.1. The summed E-state index contributed by atoms with van der Waals surface area (Å²) in [5, 5.41) is 37.2. The van der Waals surface area contributed by atoms with Crippen LogP contribution in [0.4, 0.5) is 28.4 Å². The lowest BCUT2D eigenvalue weighted by atomic mass is 10.1. The molecule has 0 aliphatic carbocycles. The van der Waals surface area contributed by atoms with Gasteiger partial charge in [-0.05, 0) is 35.9 Å². The first-order valence-corrected chi connectivity index (χ1v) is 13.1. The summed E-state index contributed by atoms with van der Waals surface area (Å²) in [7, 11) is 6.16. The van der Waals surface area contributed by atoms with Crippen LogP contribution in [0.25, 0.3) is 0 Å². The molecule has 1 saturated heterocycles. The minimum atomic E-state index is -0.532. The molecule has 1 fully saturated rings. The van der Waals surface area contributed by atoms with E-state index in [0.717, 1.165) is 0 Å². The van der Waals surface area contributed by atoms with Crippen molar-refractivity contribution in [3.05, 3.63) is 79.9 Å². The zero-order valence-corrected chi connectivity index (χ0v) is 24.0. The van der Waals surface area contributed by atoms with Gasteiger partial charge in [-0.25, -0.2) is 0 Å². The summed E-state index contributed by atoms with van der Waals surface area (Å²) in [4.78, 5) is 40.8. The van der Waals surface area contributed by atoms with E-state index in [1.165, 1.54) is 44.7 Å². The molecule has 1 heterocycles. The van der Waals surface area contributed by atoms with Gasteiger partial charge >= 0.3 is 0 Å². The molecule has 15 heteroatoms. The molecular weight excluding hydrogens is 562 g/mol. The summed E-state index contributed by atoms with van der Waals surface area (Å²) in [6.07, 6.45) is 1.44.